The fourth-order valence-electron chi connectivity index (χ4n) is 6.77. The number of likely N-dealkylation sites (N-methyl/N-ethyl adjacent to an activating group) is 1. The Kier molecular flexibility index (Phi) is 7.38. The number of Topliss-reactive ketones (excluding diaryl/α,β-unsaturated/α-hetero) is 2. The van der Waals surface area contributed by atoms with E-state index >= 15 is 0 Å². The van der Waals surface area contributed by atoms with E-state index in [2.05, 4.69) is 5.32 Å². The maximum atomic E-state index is 14.1. The number of ketones is 2. The van der Waals surface area contributed by atoms with Crippen molar-refractivity contribution in [3.63, 3.8) is 0 Å². The summed E-state index contributed by atoms with van der Waals surface area (Å²) < 4.78 is 0. The van der Waals surface area contributed by atoms with Gasteiger partial charge in [0.1, 0.15) is 22.8 Å². The molecular weight excluding hydrogens is 574 g/mol. The number of phenolic OH excluding ortho intramolecular Hbond substituents is 1. The first kappa shape index (κ1) is 30.5. The molecule has 3 aliphatic rings. The summed E-state index contributed by atoms with van der Waals surface area (Å²) in [5, 5.41) is 57.7. The minimum absolute atomic E-state index is 0.00990. The molecule has 0 saturated heterocycles. The first-order valence-corrected chi connectivity index (χ1v) is 13.8. The molecule has 0 aromatic heterocycles. The molecule has 0 bridgehead atoms. The van der Waals surface area contributed by atoms with Crippen LogP contribution in [-0.2, 0) is 22.6 Å². The van der Waals surface area contributed by atoms with Gasteiger partial charge < -0.3 is 36.4 Å². The number of amides is 1. The van der Waals surface area contributed by atoms with E-state index in [0.717, 1.165) is 0 Å². The molecule has 2 aromatic rings. The number of phenols is 1. The highest BCUT2D eigenvalue weighted by molar-refractivity contribution is 6.25. The van der Waals surface area contributed by atoms with E-state index < -0.39 is 63.8 Å². The Morgan fingerprint density at radius 3 is 2.30 bits per heavy atom. The summed E-state index contributed by atoms with van der Waals surface area (Å²) in [6, 6.07) is 6.62. The van der Waals surface area contributed by atoms with Crippen LogP contribution in [0.1, 0.15) is 27.9 Å². The van der Waals surface area contributed by atoms with Crippen molar-refractivity contribution in [2.24, 2.45) is 17.6 Å². The van der Waals surface area contributed by atoms with Gasteiger partial charge in [-0.2, -0.15) is 0 Å². The summed E-state index contributed by atoms with van der Waals surface area (Å²) in [5.74, 6) is -7.14. The zero-order chi connectivity index (χ0) is 32.4. The number of nitrogens with two attached hydrogens (primary N) is 1. The van der Waals surface area contributed by atoms with Gasteiger partial charge in [0.15, 0.2) is 11.4 Å². The summed E-state index contributed by atoms with van der Waals surface area (Å²) in [6.07, 6.45) is 0.147. The standard InChI is InChI=1S/C30H33N5O9/c1-33(2)19-11-18(32-12-13-5-7-15(8-6-13)35(43)44)24(36)21-16(19)9-14-10-17-23(34(3)4)26(38)22(29(31)41)28(40)30(17,42)27(39)20(14)25(21)37/h5-8,11,14,17,23,32,42H,9-10,12H2,1-4H3,(H5-,31,36,37,38,39,40,41,43,44)/p+1/t14-,17-,23-,30-/m0/s1. The van der Waals surface area contributed by atoms with Crippen LogP contribution in [0.3, 0.4) is 0 Å². The van der Waals surface area contributed by atoms with Gasteiger partial charge in [0.2, 0.25) is 5.78 Å². The van der Waals surface area contributed by atoms with Crippen molar-refractivity contribution < 1.29 is 44.9 Å². The molecule has 8 N–H and O–H groups in total. The molecule has 5 rings (SSSR count). The third-order valence-electron chi connectivity index (χ3n) is 8.82. The number of fused-ring (bicyclic) bond motifs is 3. The van der Waals surface area contributed by atoms with E-state index in [1.165, 1.54) is 17.0 Å². The van der Waals surface area contributed by atoms with Crippen LogP contribution in [0.15, 0.2) is 53.0 Å². The molecule has 0 spiro atoms. The van der Waals surface area contributed by atoms with Crippen LogP contribution < -0.4 is 16.0 Å². The fourth-order valence-corrected chi connectivity index (χ4v) is 6.77. The number of carbonyl (C=O) groups excluding carboxylic acids is 3. The average Bonchev–Trinajstić information content (AvgIpc) is 2.94. The quantitative estimate of drug-likeness (QED) is 0.135. The predicted molar refractivity (Wildman–Crippen MR) is 157 cm³/mol. The molecule has 2 aromatic carbocycles. The third-order valence-corrected chi connectivity index (χ3v) is 8.82. The molecule has 4 atom stereocenters. The smallest absolute Gasteiger partial charge is 0.316 e. The summed E-state index contributed by atoms with van der Waals surface area (Å²) in [5.41, 5.74) is 3.46. The molecule has 0 heterocycles. The molecule has 0 fully saturated rings. The number of hydrogen-bond acceptors (Lipinski definition) is 11. The number of primary amides is 1. The van der Waals surface area contributed by atoms with Gasteiger partial charge in [0.05, 0.1) is 22.2 Å². The van der Waals surface area contributed by atoms with Crippen molar-refractivity contribution in [1.29, 1.82) is 0 Å². The third kappa shape index (κ3) is 4.45. The van der Waals surface area contributed by atoms with E-state index in [4.69, 9.17) is 10.9 Å². The topological polar surface area (TPSA) is 217 Å². The van der Waals surface area contributed by atoms with E-state index in [0.29, 0.717) is 16.8 Å². The van der Waals surface area contributed by atoms with Gasteiger partial charge in [-0.05, 0) is 50.0 Å². The Balaban J connectivity index is 1.61. The maximum Gasteiger partial charge on any atom is 0.316 e. The molecule has 0 saturated carbocycles. The maximum absolute atomic E-state index is 14.1. The van der Waals surface area contributed by atoms with Crippen LogP contribution in [-0.4, -0.2) is 92.8 Å². The SMILES string of the molecule is CN(C)c1cc(NCc2ccc([N+](=O)O)cc2)c(O)c2c1C[C@H]1C[C@H]3[C@H](N(C)C)C(O)=C(C(N)=O)C(=O)[C@@]3(O)C(O)=C1C2=O. The Morgan fingerprint density at radius 1 is 1.11 bits per heavy atom. The van der Waals surface area contributed by atoms with Crippen LogP contribution in [0.2, 0.25) is 0 Å². The molecule has 0 aliphatic heterocycles. The van der Waals surface area contributed by atoms with Crippen LogP contribution in [0.25, 0.3) is 0 Å². The van der Waals surface area contributed by atoms with Crippen molar-refractivity contribution >= 4 is 34.5 Å². The lowest BCUT2D eigenvalue weighted by atomic mass is 9.58. The lowest BCUT2D eigenvalue weighted by Gasteiger charge is -2.50. The minimum Gasteiger partial charge on any atom is -0.510 e. The largest absolute Gasteiger partial charge is 0.510 e. The molecule has 14 heteroatoms. The lowest BCUT2D eigenvalue weighted by molar-refractivity contribution is -0.729. The number of nitrogens with zero attached hydrogens (tertiary/aromatic N) is 3. The summed E-state index contributed by atoms with van der Waals surface area (Å²) in [7, 11) is 6.68. The second-order valence-corrected chi connectivity index (χ2v) is 11.8. The first-order valence-electron chi connectivity index (χ1n) is 13.8. The zero-order valence-corrected chi connectivity index (χ0v) is 24.5. The van der Waals surface area contributed by atoms with Crippen LogP contribution >= 0.6 is 0 Å². The van der Waals surface area contributed by atoms with Gasteiger partial charge in [-0.3, -0.25) is 19.3 Å². The van der Waals surface area contributed by atoms with Crippen molar-refractivity contribution in [2.75, 3.05) is 38.4 Å². The van der Waals surface area contributed by atoms with Crippen molar-refractivity contribution in [2.45, 2.75) is 31.0 Å². The van der Waals surface area contributed by atoms with Gasteiger partial charge in [0.25, 0.3) is 10.8 Å². The number of aliphatic hydroxyl groups is 3. The first-order chi connectivity index (χ1) is 20.6. The highest BCUT2D eigenvalue weighted by atomic mass is 16.6. The molecular formula is C30H34N5O9+. The number of carbonyl (C=O) groups is 3. The average molecular weight is 609 g/mol. The number of allylic oxidation sites excluding steroid dienone is 1. The molecule has 232 valence electrons. The molecule has 0 radical (unpaired) electrons. The Labute approximate surface area is 251 Å². The van der Waals surface area contributed by atoms with Gasteiger partial charge >= 0.3 is 5.69 Å². The molecule has 44 heavy (non-hydrogen) atoms. The Morgan fingerprint density at radius 2 is 1.75 bits per heavy atom. The van der Waals surface area contributed by atoms with Gasteiger partial charge in [-0.25, -0.2) is 5.21 Å². The number of anilines is 2. The van der Waals surface area contributed by atoms with Crippen molar-refractivity contribution in [3.8, 4) is 5.75 Å². The summed E-state index contributed by atoms with van der Waals surface area (Å²) in [6.45, 7) is 0.169. The number of benzene rings is 2. The van der Waals surface area contributed by atoms with Crippen LogP contribution in [0, 0.1) is 16.7 Å². The van der Waals surface area contributed by atoms with E-state index in [1.807, 2.05) is 0 Å². The second kappa shape index (κ2) is 10.6. The molecule has 0 unspecified atom stereocenters. The van der Waals surface area contributed by atoms with Crippen LogP contribution in [0.4, 0.5) is 17.1 Å². The van der Waals surface area contributed by atoms with E-state index in [9.17, 15) is 39.7 Å². The number of rotatable bonds is 7. The summed E-state index contributed by atoms with van der Waals surface area (Å²) >= 11 is 0. The highest BCUT2D eigenvalue weighted by Crippen LogP contribution is 2.54. The zero-order valence-electron chi connectivity index (χ0n) is 24.5. The van der Waals surface area contributed by atoms with E-state index in [-0.39, 0.29) is 46.8 Å². The molecule has 3 aliphatic carbocycles. The highest BCUT2D eigenvalue weighted by Gasteiger charge is 2.63. The van der Waals surface area contributed by atoms with Crippen molar-refractivity contribution in [3.05, 3.63) is 74.6 Å². The second-order valence-electron chi connectivity index (χ2n) is 11.8. The summed E-state index contributed by atoms with van der Waals surface area (Å²) in [4.78, 5) is 53.9. The molecule has 1 amide bonds. The number of aliphatic hydroxyl groups excluding tert-OH is 2. The Hall–Kier alpha value is -4.95. The van der Waals surface area contributed by atoms with Gasteiger partial charge in [-0.15, -0.1) is 0 Å². The Bertz CT molecular complexity index is 1680. The molecule has 14 nitrogen and oxygen atoms in total. The lowest BCUT2D eigenvalue weighted by Crippen LogP contribution is -2.63. The monoisotopic (exact) mass is 608 g/mol. The number of nitrogens with one attached hydrogen (secondary N) is 1. The van der Waals surface area contributed by atoms with E-state index in [1.54, 1.807) is 51.3 Å². The minimum atomic E-state index is -2.72. The van der Waals surface area contributed by atoms with Crippen molar-refractivity contribution in [1.82, 2.24) is 4.90 Å². The number of aromatic hydroxyl groups is 1. The van der Waals surface area contributed by atoms with Gasteiger partial charge in [-0.1, -0.05) is 12.1 Å². The fraction of sp³-hybridized carbons (Fsp3) is 0.367. The van der Waals surface area contributed by atoms with Gasteiger partial charge in [0, 0.05) is 50.0 Å². The van der Waals surface area contributed by atoms with Crippen LogP contribution in [0.5, 0.6) is 5.75 Å². The predicted octanol–water partition coefficient (Wildman–Crippen LogP) is 1.60. The number of hydrogen-bond donors (Lipinski definition) is 7. The normalized spacial score (nSPS) is 24.5.